The molecule has 144 valence electrons. The average Bonchev–Trinajstić information content (AvgIpc) is 3.36. The van der Waals surface area contributed by atoms with E-state index >= 15 is 0 Å². The van der Waals surface area contributed by atoms with E-state index in [0.29, 0.717) is 28.1 Å². The number of amides is 1. The molecule has 1 aromatic carbocycles. The van der Waals surface area contributed by atoms with Gasteiger partial charge in [0.25, 0.3) is 5.91 Å². The smallest absolute Gasteiger partial charge is 0.256 e. The van der Waals surface area contributed by atoms with Gasteiger partial charge in [-0.05, 0) is 36.8 Å². The molecule has 0 saturated heterocycles. The Morgan fingerprint density at radius 3 is 2.86 bits per heavy atom. The molecular formula is C19H19N5O2S2. The Morgan fingerprint density at radius 1 is 1.32 bits per heavy atom. The lowest BCUT2D eigenvalue weighted by molar-refractivity contribution is -0.113. The van der Waals surface area contributed by atoms with Crippen molar-refractivity contribution in [1.82, 2.24) is 14.8 Å². The van der Waals surface area contributed by atoms with E-state index in [1.54, 1.807) is 23.1 Å². The van der Waals surface area contributed by atoms with Crippen LogP contribution < -0.4 is 15.4 Å². The third kappa shape index (κ3) is 3.27. The van der Waals surface area contributed by atoms with Crippen molar-refractivity contribution in [3.8, 4) is 5.75 Å². The Bertz CT molecular complexity index is 1040. The number of anilines is 2. The van der Waals surface area contributed by atoms with E-state index in [-0.39, 0.29) is 11.9 Å². The van der Waals surface area contributed by atoms with Crippen LogP contribution in [0.3, 0.4) is 0 Å². The largest absolute Gasteiger partial charge is 0.495 e. The van der Waals surface area contributed by atoms with E-state index in [4.69, 9.17) is 4.74 Å². The monoisotopic (exact) mass is 413 g/mol. The first kappa shape index (κ1) is 18.6. The van der Waals surface area contributed by atoms with Crippen LogP contribution in [0.5, 0.6) is 5.75 Å². The summed E-state index contributed by atoms with van der Waals surface area (Å²) in [6.45, 7) is 1.88. The van der Waals surface area contributed by atoms with E-state index in [2.05, 4.69) is 20.7 Å². The van der Waals surface area contributed by atoms with Crippen molar-refractivity contribution in [2.75, 3.05) is 24.0 Å². The first-order chi connectivity index (χ1) is 13.6. The molecule has 3 aromatic rings. The van der Waals surface area contributed by atoms with Gasteiger partial charge in [-0.1, -0.05) is 30.0 Å². The van der Waals surface area contributed by atoms with Crippen LogP contribution in [0, 0.1) is 0 Å². The summed E-state index contributed by atoms with van der Waals surface area (Å²) in [6.07, 6.45) is 1.93. The quantitative estimate of drug-likeness (QED) is 0.616. The summed E-state index contributed by atoms with van der Waals surface area (Å²) < 4.78 is 7.14. The Labute approximate surface area is 170 Å². The van der Waals surface area contributed by atoms with Crippen molar-refractivity contribution in [1.29, 1.82) is 0 Å². The molecule has 3 heterocycles. The number of fused-ring (bicyclic) bond motifs is 1. The summed E-state index contributed by atoms with van der Waals surface area (Å²) in [4.78, 5) is 18.8. The summed E-state index contributed by atoms with van der Waals surface area (Å²) in [5.41, 5.74) is 1.96. The number of aromatic nitrogens is 3. The standard InChI is InChI=1S/C19H19N5O2S2/c1-11-15(17(25)21-12-7-4-5-8-13(12)26-2)16(14-9-6-10-28-14)24-18(20-11)22-19(23-24)27-3/h4-10,16H,1-3H3,(H,21,25)(H,20,22,23)/t16-/m1/s1. The fraction of sp³-hybridized carbons (Fsp3) is 0.211. The second-order valence-electron chi connectivity index (χ2n) is 6.10. The van der Waals surface area contributed by atoms with Crippen molar-refractivity contribution in [3.63, 3.8) is 0 Å². The van der Waals surface area contributed by atoms with Gasteiger partial charge in [0.05, 0.1) is 18.4 Å². The Kier molecular flexibility index (Phi) is 5.10. The number of carbonyl (C=O) groups excluding carboxylic acids is 1. The number of nitrogens with zero attached hydrogens (tertiary/aromatic N) is 3. The maximum absolute atomic E-state index is 13.3. The molecule has 0 radical (unpaired) electrons. The maximum Gasteiger partial charge on any atom is 0.256 e. The van der Waals surface area contributed by atoms with Gasteiger partial charge < -0.3 is 15.4 Å². The zero-order chi connectivity index (χ0) is 19.7. The number of rotatable bonds is 5. The molecule has 0 fully saturated rings. The van der Waals surface area contributed by atoms with Gasteiger partial charge in [0, 0.05) is 10.6 Å². The van der Waals surface area contributed by atoms with E-state index < -0.39 is 0 Å². The zero-order valence-electron chi connectivity index (χ0n) is 15.6. The number of benzene rings is 1. The van der Waals surface area contributed by atoms with E-state index in [1.165, 1.54) is 11.8 Å². The molecule has 4 rings (SSSR count). The highest BCUT2D eigenvalue weighted by atomic mass is 32.2. The topological polar surface area (TPSA) is 81.1 Å². The van der Waals surface area contributed by atoms with Crippen molar-refractivity contribution >= 4 is 40.6 Å². The first-order valence-electron chi connectivity index (χ1n) is 8.58. The Hall–Kier alpha value is -2.78. The molecule has 2 N–H and O–H groups in total. The second kappa shape index (κ2) is 7.69. The Balaban J connectivity index is 1.76. The molecule has 2 aromatic heterocycles. The molecule has 9 heteroatoms. The molecule has 0 aliphatic carbocycles. The minimum Gasteiger partial charge on any atom is -0.495 e. The fourth-order valence-electron chi connectivity index (χ4n) is 3.16. The number of ether oxygens (including phenoxy) is 1. The molecule has 0 bridgehead atoms. The fourth-order valence-corrected chi connectivity index (χ4v) is 4.32. The normalized spacial score (nSPS) is 15.8. The van der Waals surface area contributed by atoms with Crippen LogP contribution in [0.15, 0.2) is 58.2 Å². The minimum atomic E-state index is -0.348. The molecule has 28 heavy (non-hydrogen) atoms. The number of hydrogen-bond acceptors (Lipinski definition) is 7. The maximum atomic E-state index is 13.3. The number of thioether (sulfide) groups is 1. The van der Waals surface area contributed by atoms with Crippen LogP contribution in [0.4, 0.5) is 11.6 Å². The van der Waals surface area contributed by atoms with Crippen LogP contribution in [-0.2, 0) is 4.79 Å². The van der Waals surface area contributed by atoms with Crippen LogP contribution in [-0.4, -0.2) is 34.0 Å². The number of carbonyl (C=O) groups is 1. The van der Waals surface area contributed by atoms with Crippen molar-refractivity contribution < 1.29 is 9.53 Å². The molecule has 0 spiro atoms. The average molecular weight is 414 g/mol. The number of allylic oxidation sites excluding steroid dienone is 1. The number of thiophene rings is 1. The van der Waals surface area contributed by atoms with Crippen molar-refractivity contribution in [3.05, 3.63) is 57.9 Å². The third-order valence-corrected chi connectivity index (χ3v) is 5.89. The lowest BCUT2D eigenvalue weighted by Crippen LogP contribution is -2.31. The van der Waals surface area contributed by atoms with Gasteiger partial charge in [-0.15, -0.1) is 16.4 Å². The zero-order valence-corrected chi connectivity index (χ0v) is 17.2. The third-order valence-electron chi connectivity index (χ3n) is 4.43. The molecule has 1 amide bonds. The highest BCUT2D eigenvalue weighted by molar-refractivity contribution is 7.98. The predicted molar refractivity (Wildman–Crippen MR) is 112 cm³/mol. The summed E-state index contributed by atoms with van der Waals surface area (Å²) in [5, 5.41) is 13.4. The summed E-state index contributed by atoms with van der Waals surface area (Å²) in [5.74, 6) is 1.03. The van der Waals surface area contributed by atoms with E-state index in [9.17, 15) is 4.79 Å². The SMILES string of the molecule is COc1ccccc1NC(=O)C1=C(C)Nc2nc(SC)nn2[C@@H]1c1cccs1. The minimum absolute atomic E-state index is 0.209. The van der Waals surface area contributed by atoms with E-state index in [0.717, 1.165) is 10.6 Å². The summed E-state index contributed by atoms with van der Waals surface area (Å²) in [6, 6.07) is 11.0. The van der Waals surface area contributed by atoms with Gasteiger partial charge in [0.2, 0.25) is 11.1 Å². The summed E-state index contributed by atoms with van der Waals surface area (Å²) >= 11 is 3.05. The highest BCUT2D eigenvalue weighted by Crippen LogP contribution is 2.38. The lowest BCUT2D eigenvalue weighted by Gasteiger charge is -2.27. The van der Waals surface area contributed by atoms with Crippen LogP contribution in [0.2, 0.25) is 0 Å². The molecule has 7 nitrogen and oxygen atoms in total. The van der Waals surface area contributed by atoms with Gasteiger partial charge in [0.1, 0.15) is 11.8 Å². The lowest BCUT2D eigenvalue weighted by atomic mass is 10.0. The molecule has 0 unspecified atom stereocenters. The molecule has 1 aliphatic rings. The van der Waals surface area contributed by atoms with E-state index in [1.807, 2.05) is 55.0 Å². The second-order valence-corrected chi connectivity index (χ2v) is 7.86. The first-order valence-corrected chi connectivity index (χ1v) is 10.7. The Morgan fingerprint density at radius 2 is 2.14 bits per heavy atom. The van der Waals surface area contributed by atoms with Crippen molar-refractivity contribution in [2.45, 2.75) is 18.1 Å². The highest BCUT2D eigenvalue weighted by Gasteiger charge is 2.35. The molecule has 1 aliphatic heterocycles. The van der Waals surface area contributed by atoms with Crippen LogP contribution in [0.1, 0.15) is 17.8 Å². The number of para-hydroxylation sites is 2. The summed E-state index contributed by atoms with van der Waals surface area (Å²) in [7, 11) is 1.58. The van der Waals surface area contributed by atoms with Gasteiger partial charge in [0.15, 0.2) is 0 Å². The van der Waals surface area contributed by atoms with Crippen molar-refractivity contribution in [2.24, 2.45) is 0 Å². The molecular weight excluding hydrogens is 394 g/mol. The van der Waals surface area contributed by atoms with Crippen LogP contribution >= 0.6 is 23.1 Å². The molecule has 1 atom stereocenters. The number of nitrogens with one attached hydrogen (secondary N) is 2. The number of hydrogen-bond donors (Lipinski definition) is 2. The van der Waals surface area contributed by atoms with Gasteiger partial charge >= 0.3 is 0 Å². The van der Waals surface area contributed by atoms with Crippen LogP contribution in [0.25, 0.3) is 0 Å². The number of methoxy groups -OCH3 is 1. The van der Waals surface area contributed by atoms with Gasteiger partial charge in [-0.25, -0.2) is 4.68 Å². The van der Waals surface area contributed by atoms with Gasteiger partial charge in [-0.3, -0.25) is 4.79 Å². The van der Waals surface area contributed by atoms with Gasteiger partial charge in [-0.2, -0.15) is 4.98 Å². The molecule has 0 saturated carbocycles. The predicted octanol–water partition coefficient (Wildman–Crippen LogP) is 4.00.